The van der Waals surface area contributed by atoms with Crippen LogP contribution in [0.25, 0.3) is 0 Å². The highest BCUT2D eigenvalue weighted by molar-refractivity contribution is 9.10. The molecular weight excluding hydrogens is 361 g/mol. The molecule has 110 valence electrons. The normalized spacial score (nSPS) is 10.5. The van der Waals surface area contributed by atoms with Crippen molar-refractivity contribution in [3.05, 3.63) is 50.3 Å². The number of halogens is 3. The fraction of sp³-hybridized carbons (Fsp3) is 0.143. The predicted octanol–water partition coefficient (Wildman–Crippen LogP) is 4.33. The maximum Gasteiger partial charge on any atom is 0.230 e. The average molecular weight is 373 g/mol. The molecule has 0 saturated heterocycles. The first kappa shape index (κ1) is 15.7. The van der Waals surface area contributed by atoms with Crippen LogP contribution in [0.5, 0.6) is 11.6 Å². The summed E-state index contributed by atoms with van der Waals surface area (Å²) in [4.78, 5) is 4.22. The van der Waals surface area contributed by atoms with Crippen LogP contribution in [-0.4, -0.2) is 10.8 Å². The highest BCUT2D eigenvalue weighted by Gasteiger charge is 2.16. The Kier molecular flexibility index (Phi) is 4.49. The third-order valence-electron chi connectivity index (χ3n) is 2.76. The van der Waals surface area contributed by atoms with Crippen LogP contribution in [-0.2, 0) is 0 Å². The van der Waals surface area contributed by atoms with Crippen molar-refractivity contribution in [1.82, 2.24) is 4.98 Å². The molecule has 0 aliphatic heterocycles. The number of nitrogens with one attached hydrogen (secondary N) is 1. The van der Waals surface area contributed by atoms with E-state index in [-0.39, 0.29) is 22.5 Å². The lowest BCUT2D eigenvalue weighted by Gasteiger charge is -2.14. The molecule has 0 fully saturated rings. The van der Waals surface area contributed by atoms with E-state index in [0.717, 1.165) is 11.6 Å². The number of nitrogen functional groups attached to an aromatic ring is 1. The monoisotopic (exact) mass is 371 g/mol. The summed E-state index contributed by atoms with van der Waals surface area (Å²) in [5.41, 5.74) is 7.41. The molecule has 4 nitrogen and oxygen atoms in total. The molecule has 1 heterocycles. The van der Waals surface area contributed by atoms with Gasteiger partial charge in [0.05, 0.1) is 15.1 Å². The molecule has 0 unspecified atom stereocenters. The van der Waals surface area contributed by atoms with Crippen molar-refractivity contribution in [1.29, 1.82) is 5.41 Å². The summed E-state index contributed by atoms with van der Waals surface area (Å²) in [7, 11) is 0. The molecule has 0 bridgehead atoms. The average Bonchev–Trinajstić information content (AvgIpc) is 2.34. The van der Waals surface area contributed by atoms with Crippen LogP contribution in [0.2, 0.25) is 5.02 Å². The lowest BCUT2D eigenvalue weighted by atomic mass is 10.1. The van der Waals surface area contributed by atoms with Gasteiger partial charge in [-0.3, -0.25) is 5.41 Å². The van der Waals surface area contributed by atoms with Gasteiger partial charge in [-0.2, -0.15) is 0 Å². The summed E-state index contributed by atoms with van der Waals surface area (Å²) in [5, 5.41) is 7.62. The molecule has 0 aliphatic carbocycles. The van der Waals surface area contributed by atoms with Gasteiger partial charge >= 0.3 is 0 Å². The minimum Gasteiger partial charge on any atom is -0.437 e. The SMILES string of the molecule is Cc1cc(C)c(C(=N)N)c(Oc2cc(F)c(Cl)cc2Br)n1. The van der Waals surface area contributed by atoms with Gasteiger partial charge < -0.3 is 10.5 Å². The number of aryl methyl sites for hydroxylation is 2. The Bertz CT molecular complexity index is 737. The summed E-state index contributed by atoms with van der Waals surface area (Å²) >= 11 is 8.94. The Morgan fingerprint density at radius 2 is 2.05 bits per heavy atom. The van der Waals surface area contributed by atoms with E-state index >= 15 is 0 Å². The van der Waals surface area contributed by atoms with Gasteiger partial charge in [0.1, 0.15) is 17.4 Å². The molecule has 7 heteroatoms. The van der Waals surface area contributed by atoms with E-state index in [1.807, 2.05) is 0 Å². The fourth-order valence-corrected chi connectivity index (χ4v) is 2.61. The number of ether oxygens (including phenoxy) is 1. The molecule has 2 aromatic rings. The summed E-state index contributed by atoms with van der Waals surface area (Å²) in [6, 6.07) is 4.33. The Morgan fingerprint density at radius 3 is 2.67 bits per heavy atom. The number of nitrogens with two attached hydrogens (primary N) is 1. The summed E-state index contributed by atoms with van der Waals surface area (Å²) < 4.78 is 19.7. The topological polar surface area (TPSA) is 72.0 Å². The third kappa shape index (κ3) is 3.33. The van der Waals surface area contributed by atoms with Gasteiger partial charge in [0.25, 0.3) is 0 Å². The van der Waals surface area contributed by atoms with Gasteiger partial charge in [-0.15, -0.1) is 0 Å². The molecular formula is C14H12BrClFN3O. The number of amidine groups is 1. The zero-order valence-corrected chi connectivity index (χ0v) is 13.6. The smallest absolute Gasteiger partial charge is 0.230 e. The number of rotatable bonds is 3. The van der Waals surface area contributed by atoms with Crippen LogP contribution in [0, 0.1) is 25.1 Å². The van der Waals surface area contributed by atoms with Gasteiger partial charge in [0, 0.05) is 11.8 Å². The van der Waals surface area contributed by atoms with E-state index in [9.17, 15) is 4.39 Å². The highest BCUT2D eigenvalue weighted by atomic mass is 79.9. The lowest BCUT2D eigenvalue weighted by Crippen LogP contribution is -2.15. The van der Waals surface area contributed by atoms with Crippen molar-refractivity contribution < 1.29 is 9.13 Å². The van der Waals surface area contributed by atoms with Crippen molar-refractivity contribution >= 4 is 33.4 Å². The zero-order valence-electron chi connectivity index (χ0n) is 11.3. The molecule has 1 aromatic heterocycles. The van der Waals surface area contributed by atoms with Crippen LogP contribution >= 0.6 is 27.5 Å². The molecule has 0 atom stereocenters. The van der Waals surface area contributed by atoms with Gasteiger partial charge in [0.2, 0.25) is 5.88 Å². The van der Waals surface area contributed by atoms with Crippen molar-refractivity contribution in [3.63, 3.8) is 0 Å². The molecule has 0 aliphatic rings. The molecule has 0 radical (unpaired) electrons. The second-order valence-corrected chi connectivity index (χ2v) is 5.73. The van der Waals surface area contributed by atoms with Crippen LogP contribution in [0.15, 0.2) is 22.7 Å². The second-order valence-electron chi connectivity index (χ2n) is 4.47. The van der Waals surface area contributed by atoms with Gasteiger partial charge in [0.15, 0.2) is 0 Å². The maximum absolute atomic E-state index is 13.6. The van der Waals surface area contributed by atoms with Gasteiger partial charge in [-0.1, -0.05) is 11.6 Å². The molecule has 0 spiro atoms. The van der Waals surface area contributed by atoms with E-state index in [1.54, 1.807) is 19.9 Å². The Hall–Kier alpha value is -1.66. The third-order valence-corrected chi connectivity index (χ3v) is 3.67. The lowest BCUT2D eigenvalue weighted by molar-refractivity contribution is 0.452. The van der Waals surface area contributed by atoms with Crippen LogP contribution < -0.4 is 10.5 Å². The van der Waals surface area contributed by atoms with Crippen molar-refractivity contribution in [2.45, 2.75) is 13.8 Å². The minimum atomic E-state index is -0.608. The Balaban J connectivity index is 2.54. The van der Waals surface area contributed by atoms with Crippen LogP contribution in [0.3, 0.4) is 0 Å². The number of aromatic nitrogens is 1. The van der Waals surface area contributed by atoms with Crippen LogP contribution in [0.1, 0.15) is 16.8 Å². The molecule has 0 saturated carbocycles. The van der Waals surface area contributed by atoms with Crippen molar-refractivity contribution in [2.24, 2.45) is 5.73 Å². The molecule has 0 amide bonds. The largest absolute Gasteiger partial charge is 0.437 e. The van der Waals surface area contributed by atoms with E-state index in [1.165, 1.54) is 6.07 Å². The van der Waals surface area contributed by atoms with Crippen molar-refractivity contribution in [3.8, 4) is 11.6 Å². The molecule has 1 aromatic carbocycles. The van der Waals surface area contributed by atoms with Gasteiger partial charge in [-0.25, -0.2) is 9.37 Å². The highest BCUT2D eigenvalue weighted by Crippen LogP contribution is 2.34. The quantitative estimate of drug-likeness (QED) is 0.478. The number of pyridine rings is 1. The molecule has 3 N–H and O–H groups in total. The van der Waals surface area contributed by atoms with Crippen molar-refractivity contribution in [2.75, 3.05) is 0 Å². The Morgan fingerprint density at radius 1 is 1.38 bits per heavy atom. The second kappa shape index (κ2) is 5.99. The predicted molar refractivity (Wildman–Crippen MR) is 83.9 cm³/mol. The summed E-state index contributed by atoms with van der Waals surface area (Å²) in [5.74, 6) is -0.413. The maximum atomic E-state index is 13.6. The number of benzene rings is 1. The summed E-state index contributed by atoms with van der Waals surface area (Å²) in [6.07, 6.45) is 0. The molecule has 21 heavy (non-hydrogen) atoms. The first-order valence-electron chi connectivity index (χ1n) is 5.94. The van der Waals surface area contributed by atoms with E-state index in [0.29, 0.717) is 15.7 Å². The van der Waals surface area contributed by atoms with E-state index < -0.39 is 5.82 Å². The first-order valence-corrected chi connectivity index (χ1v) is 7.11. The fourth-order valence-electron chi connectivity index (χ4n) is 1.89. The Labute approximate surface area is 134 Å². The van der Waals surface area contributed by atoms with Gasteiger partial charge in [-0.05, 0) is 47.5 Å². The van der Waals surface area contributed by atoms with E-state index in [2.05, 4.69) is 20.9 Å². The number of nitrogens with zero attached hydrogens (tertiary/aromatic N) is 1. The number of hydrogen-bond donors (Lipinski definition) is 2. The molecule has 2 rings (SSSR count). The van der Waals surface area contributed by atoms with Crippen LogP contribution in [0.4, 0.5) is 4.39 Å². The first-order chi connectivity index (χ1) is 9.79. The van der Waals surface area contributed by atoms with E-state index in [4.69, 9.17) is 27.5 Å². The minimum absolute atomic E-state index is 0.0191. The number of hydrogen-bond acceptors (Lipinski definition) is 3. The standard InChI is InChI=1S/C14H12BrClFN3O/c1-6-3-7(2)20-14(12(6)13(18)19)21-11-5-10(17)9(16)4-8(11)15/h3-5H,1-2H3,(H3,18,19). The zero-order chi connectivity index (χ0) is 15.7. The summed E-state index contributed by atoms with van der Waals surface area (Å²) in [6.45, 7) is 3.59.